The second kappa shape index (κ2) is 52.2. The number of unbranched alkanes of at least 4 members (excludes halogenated alkanes) is 22. The summed E-state index contributed by atoms with van der Waals surface area (Å²) in [6, 6.07) is 0. The van der Waals surface area contributed by atoms with Crippen LogP contribution in [0, 0.1) is 0 Å². The largest absolute Gasteiger partial charge is 0.472 e. The Kier molecular flexibility index (Phi) is 50.0. The van der Waals surface area contributed by atoms with Gasteiger partial charge in [0.2, 0.25) is 0 Å². The Labute approximate surface area is 427 Å². The number of hydrogen-bond acceptors (Lipinski definition) is 10. The molecule has 0 fully saturated rings. The van der Waals surface area contributed by atoms with Crippen LogP contribution in [0.15, 0.2) is 72.9 Å². The monoisotopic (exact) mass is 1000 g/mol. The van der Waals surface area contributed by atoms with Gasteiger partial charge in [0.15, 0.2) is 6.10 Å². The van der Waals surface area contributed by atoms with Crippen LogP contribution >= 0.6 is 7.82 Å². The molecule has 404 valence electrons. The molecule has 0 aliphatic carbocycles. The van der Waals surface area contributed by atoms with Gasteiger partial charge < -0.3 is 24.2 Å². The van der Waals surface area contributed by atoms with Crippen molar-refractivity contribution in [3.05, 3.63) is 72.9 Å². The van der Waals surface area contributed by atoms with Crippen LogP contribution in [0.2, 0.25) is 0 Å². The number of esters is 3. The van der Waals surface area contributed by atoms with Crippen molar-refractivity contribution in [1.82, 2.24) is 0 Å². The van der Waals surface area contributed by atoms with Gasteiger partial charge in [-0.3, -0.25) is 23.4 Å². The summed E-state index contributed by atoms with van der Waals surface area (Å²) in [5.74, 6) is -1.51. The molecular weight excluding hydrogens is 904 g/mol. The smallest absolute Gasteiger partial charge is 0.462 e. The van der Waals surface area contributed by atoms with E-state index in [9.17, 15) is 28.9 Å². The molecule has 0 rings (SSSR count). The summed E-state index contributed by atoms with van der Waals surface area (Å²) < 4.78 is 39.4. The average Bonchev–Trinajstić information content (AvgIpc) is 3.35. The molecule has 70 heavy (non-hydrogen) atoms. The maximum absolute atomic E-state index is 12.9. The molecule has 0 aromatic heterocycles. The van der Waals surface area contributed by atoms with Crippen molar-refractivity contribution in [2.45, 2.75) is 251 Å². The lowest BCUT2D eigenvalue weighted by molar-refractivity contribution is -0.161. The Bertz CT molecular complexity index is 1450. The SMILES string of the molecule is CC/C=C\C/C=C\C/C=C\CCCCCC(=O)OC(COC(=O)CCCCCCCC/C=C\C/C=C\C/C=C\CCCCC)COP(=O)(O)OCC(CO)OC(=O)CCCCCCCCCCCCC. The maximum Gasteiger partial charge on any atom is 0.472 e. The van der Waals surface area contributed by atoms with Crippen LogP contribution < -0.4 is 0 Å². The number of phosphoric acid groups is 1. The number of hydrogen-bond donors (Lipinski definition) is 2. The van der Waals surface area contributed by atoms with E-state index in [1.54, 1.807) is 0 Å². The Balaban J connectivity index is 4.76. The molecule has 3 atom stereocenters. The van der Waals surface area contributed by atoms with Crippen LogP contribution in [0.4, 0.5) is 0 Å². The predicted octanol–water partition coefficient (Wildman–Crippen LogP) is 16.1. The highest BCUT2D eigenvalue weighted by atomic mass is 31.2. The van der Waals surface area contributed by atoms with Gasteiger partial charge in [-0.05, 0) is 89.9 Å². The summed E-state index contributed by atoms with van der Waals surface area (Å²) in [7, 11) is -4.75. The van der Waals surface area contributed by atoms with E-state index in [4.69, 9.17) is 23.3 Å². The third-order valence-electron chi connectivity index (χ3n) is 11.6. The summed E-state index contributed by atoms with van der Waals surface area (Å²) in [6.45, 7) is 4.44. The molecule has 0 aliphatic rings. The molecule has 0 amide bonds. The number of aliphatic hydroxyl groups excluding tert-OH is 1. The molecule has 0 heterocycles. The van der Waals surface area contributed by atoms with Crippen molar-refractivity contribution in [3.63, 3.8) is 0 Å². The lowest BCUT2D eigenvalue weighted by Gasteiger charge is -2.21. The van der Waals surface area contributed by atoms with Crippen molar-refractivity contribution >= 4 is 25.7 Å². The molecule has 0 aliphatic heterocycles. The van der Waals surface area contributed by atoms with E-state index in [2.05, 4.69) is 93.7 Å². The minimum Gasteiger partial charge on any atom is -0.462 e. The summed E-state index contributed by atoms with van der Waals surface area (Å²) in [5, 5.41) is 9.78. The highest BCUT2D eigenvalue weighted by Gasteiger charge is 2.28. The van der Waals surface area contributed by atoms with Gasteiger partial charge >= 0.3 is 25.7 Å². The standard InChI is InChI=1S/C58H101O11P/c1-4-7-10-13-16-19-22-24-25-26-27-28-29-31-33-35-38-41-44-47-56(60)65-51-55(69-58(62)49-46-43-40-37-34-30-23-20-17-14-11-8-5-2)53-67-70(63,64)66-52-54(50-59)68-57(61)48-45-42-39-36-32-21-18-15-12-9-6-3/h8,11,16-17,19-20,24-25,27-28,30,34,54-55,59H,4-7,9-10,12-15,18,21-23,26,29,31-33,35-53H2,1-3H3,(H,63,64)/b11-8-,19-16-,20-17-,25-24-,28-27-,34-30-. The average molecular weight is 1010 g/mol. The Hall–Kier alpha value is -3.08. The highest BCUT2D eigenvalue weighted by molar-refractivity contribution is 7.47. The summed E-state index contributed by atoms with van der Waals surface area (Å²) >= 11 is 0. The molecule has 3 unspecified atom stereocenters. The summed E-state index contributed by atoms with van der Waals surface area (Å²) in [5.41, 5.74) is 0. The number of carbonyl (C=O) groups excluding carboxylic acids is 3. The third kappa shape index (κ3) is 49.9. The zero-order valence-corrected chi connectivity index (χ0v) is 45.4. The Morgan fingerprint density at radius 3 is 1.19 bits per heavy atom. The van der Waals surface area contributed by atoms with E-state index >= 15 is 0 Å². The fourth-order valence-corrected chi connectivity index (χ4v) is 8.16. The number of aliphatic hydroxyl groups is 1. The first-order valence-corrected chi connectivity index (χ1v) is 29.3. The maximum atomic E-state index is 12.9. The van der Waals surface area contributed by atoms with Crippen molar-refractivity contribution in [2.24, 2.45) is 0 Å². The predicted molar refractivity (Wildman–Crippen MR) is 288 cm³/mol. The molecule has 0 spiro atoms. The molecule has 2 N–H and O–H groups in total. The van der Waals surface area contributed by atoms with E-state index in [1.807, 2.05) is 0 Å². The first kappa shape index (κ1) is 66.9. The van der Waals surface area contributed by atoms with E-state index in [-0.39, 0.29) is 25.9 Å². The molecule has 0 aromatic carbocycles. The van der Waals surface area contributed by atoms with Crippen LogP contribution in [-0.4, -0.2) is 66.5 Å². The molecule has 0 saturated carbocycles. The van der Waals surface area contributed by atoms with Crippen molar-refractivity contribution in [3.8, 4) is 0 Å². The summed E-state index contributed by atoms with van der Waals surface area (Å²) in [4.78, 5) is 48.4. The van der Waals surface area contributed by atoms with Gasteiger partial charge in [-0.25, -0.2) is 4.57 Å². The topological polar surface area (TPSA) is 155 Å². The number of allylic oxidation sites excluding steroid dienone is 12. The van der Waals surface area contributed by atoms with Crippen LogP contribution in [0.25, 0.3) is 0 Å². The molecule has 0 radical (unpaired) electrons. The normalized spacial score (nSPS) is 14.0. The number of rotatable bonds is 51. The number of carbonyl (C=O) groups is 3. The Morgan fingerprint density at radius 1 is 0.414 bits per heavy atom. The number of phosphoric ester groups is 1. The van der Waals surface area contributed by atoms with Gasteiger partial charge in [-0.1, -0.05) is 203 Å². The first-order valence-electron chi connectivity index (χ1n) is 27.8. The molecule has 11 nitrogen and oxygen atoms in total. The van der Waals surface area contributed by atoms with E-state index in [0.29, 0.717) is 19.3 Å². The molecule has 12 heteroatoms. The van der Waals surface area contributed by atoms with Crippen molar-refractivity contribution < 1.29 is 52.2 Å². The minimum absolute atomic E-state index is 0.128. The van der Waals surface area contributed by atoms with Gasteiger partial charge in [-0.15, -0.1) is 0 Å². The fraction of sp³-hybridized carbons (Fsp3) is 0.741. The first-order chi connectivity index (χ1) is 34.2. The molecule has 0 bridgehead atoms. The van der Waals surface area contributed by atoms with Crippen LogP contribution in [-0.2, 0) is 42.2 Å². The quantitative estimate of drug-likeness (QED) is 0.0197. The van der Waals surface area contributed by atoms with Gasteiger partial charge in [0.25, 0.3) is 0 Å². The van der Waals surface area contributed by atoms with Crippen LogP contribution in [0.3, 0.4) is 0 Å². The summed E-state index contributed by atoms with van der Waals surface area (Å²) in [6.07, 6.45) is 57.3. The van der Waals surface area contributed by atoms with Crippen LogP contribution in [0.5, 0.6) is 0 Å². The molecule has 0 saturated heterocycles. The zero-order valence-electron chi connectivity index (χ0n) is 44.5. The van der Waals surface area contributed by atoms with E-state index in [0.717, 1.165) is 109 Å². The lowest BCUT2D eigenvalue weighted by atomic mass is 10.1. The zero-order chi connectivity index (χ0) is 51.3. The minimum atomic E-state index is -4.75. The third-order valence-corrected chi connectivity index (χ3v) is 12.6. The fourth-order valence-electron chi connectivity index (χ4n) is 7.38. The number of ether oxygens (including phenoxy) is 3. The lowest BCUT2D eigenvalue weighted by Crippen LogP contribution is -2.30. The highest BCUT2D eigenvalue weighted by Crippen LogP contribution is 2.43. The molecule has 0 aromatic rings. The Morgan fingerprint density at radius 2 is 0.743 bits per heavy atom. The second-order valence-electron chi connectivity index (χ2n) is 18.4. The van der Waals surface area contributed by atoms with E-state index < -0.39 is 57.8 Å². The van der Waals surface area contributed by atoms with Gasteiger partial charge in [0.05, 0.1) is 19.8 Å². The second-order valence-corrected chi connectivity index (χ2v) is 19.8. The van der Waals surface area contributed by atoms with Gasteiger partial charge in [0.1, 0.15) is 12.7 Å². The van der Waals surface area contributed by atoms with Crippen LogP contribution in [0.1, 0.15) is 239 Å². The molecular formula is C58H101O11P. The van der Waals surface area contributed by atoms with E-state index in [1.165, 1.54) is 70.6 Å². The van der Waals surface area contributed by atoms with Gasteiger partial charge in [0, 0.05) is 19.3 Å². The van der Waals surface area contributed by atoms with Crippen molar-refractivity contribution in [2.75, 3.05) is 26.4 Å². The van der Waals surface area contributed by atoms with Gasteiger partial charge in [-0.2, -0.15) is 0 Å². The van der Waals surface area contributed by atoms with Crippen molar-refractivity contribution in [1.29, 1.82) is 0 Å².